The fourth-order valence-corrected chi connectivity index (χ4v) is 5.21. The standard InChI is InChI=1S/C29H27F3N4O3/c30-21-13-18(14-22(31)26(21)32)16-36-12-4-7-20(28(36)38)27(37)33-23(19-5-2-1-3-6-19)10-8-17-9-11-24-25(15-17)35-29(39)34-24/h1-8,10,12-14,17,23-25H,9,11,15-16H2,(H,33,37)(H2,34,35,39)/b10-8+/t17?,23-,24?,25?/m0/s1. The van der Waals surface area contributed by atoms with Gasteiger partial charge in [0.05, 0.1) is 24.7 Å². The first-order valence-electron chi connectivity index (χ1n) is 12.7. The number of benzene rings is 2. The molecule has 3 amide bonds. The van der Waals surface area contributed by atoms with E-state index < -0.39 is 35.0 Å². The SMILES string of the molecule is O=C1NC2CCC(/C=C/[C@H](NC(=O)c3cccn(Cc4cc(F)c(F)c(F)c4)c3=O)c3ccccc3)CC2N1. The Bertz CT molecular complexity index is 1450. The molecule has 10 heteroatoms. The zero-order valence-corrected chi connectivity index (χ0v) is 20.9. The number of aromatic nitrogens is 1. The van der Waals surface area contributed by atoms with Crippen molar-refractivity contribution in [3.8, 4) is 0 Å². The molecule has 2 aliphatic rings. The molecule has 1 aliphatic carbocycles. The summed E-state index contributed by atoms with van der Waals surface area (Å²) in [5.41, 5.74) is 0.0635. The average Bonchev–Trinajstić information content (AvgIpc) is 3.30. The molecule has 2 aromatic carbocycles. The first-order valence-corrected chi connectivity index (χ1v) is 12.7. The molecule has 3 unspecified atom stereocenters. The lowest BCUT2D eigenvalue weighted by molar-refractivity contribution is 0.0942. The van der Waals surface area contributed by atoms with Crippen LogP contribution in [0.15, 0.2) is 77.7 Å². The largest absolute Gasteiger partial charge is 0.342 e. The van der Waals surface area contributed by atoms with Crippen LogP contribution in [0.1, 0.15) is 46.8 Å². The maximum absolute atomic E-state index is 13.6. The van der Waals surface area contributed by atoms with Crippen molar-refractivity contribution in [2.24, 2.45) is 5.92 Å². The predicted octanol–water partition coefficient (Wildman–Crippen LogP) is 4.19. The molecule has 4 atom stereocenters. The molecule has 5 rings (SSSR count). The van der Waals surface area contributed by atoms with Gasteiger partial charge >= 0.3 is 6.03 Å². The minimum absolute atomic E-state index is 0.0412. The topological polar surface area (TPSA) is 92.2 Å². The number of fused-ring (bicyclic) bond motifs is 1. The van der Waals surface area contributed by atoms with Gasteiger partial charge in [0.1, 0.15) is 5.56 Å². The highest BCUT2D eigenvalue weighted by atomic mass is 19.2. The number of pyridine rings is 1. The van der Waals surface area contributed by atoms with Crippen LogP contribution in [0.25, 0.3) is 0 Å². The lowest BCUT2D eigenvalue weighted by Crippen LogP contribution is -2.39. The highest BCUT2D eigenvalue weighted by Crippen LogP contribution is 2.29. The van der Waals surface area contributed by atoms with E-state index in [2.05, 4.69) is 16.0 Å². The van der Waals surface area contributed by atoms with Crippen LogP contribution in [-0.2, 0) is 6.54 Å². The maximum Gasteiger partial charge on any atom is 0.315 e. The van der Waals surface area contributed by atoms with E-state index in [-0.39, 0.29) is 41.7 Å². The van der Waals surface area contributed by atoms with Crippen molar-refractivity contribution in [3.05, 3.63) is 117 Å². The van der Waals surface area contributed by atoms with Gasteiger partial charge < -0.3 is 20.5 Å². The van der Waals surface area contributed by atoms with Crippen molar-refractivity contribution < 1.29 is 22.8 Å². The van der Waals surface area contributed by atoms with Crippen LogP contribution in [0.5, 0.6) is 0 Å². The second-order valence-corrected chi connectivity index (χ2v) is 9.88. The monoisotopic (exact) mass is 536 g/mol. The third-order valence-electron chi connectivity index (χ3n) is 7.21. The summed E-state index contributed by atoms with van der Waals surface area (Å²) in [5, 5.41) is 8.78. The number of nitrogens with one attached hydrogen (secondary N) is 3. The number of hydrogen-bond acceptors (Lipinski definition) is 3. The molecule has 0 bridgehead atoms. The van der Waals surface area contributed by atoms with E-state index in [0.717, 1.165) is 41.5 Å². The second kappa shape index (κ2) is 11.2. The first-order chi connectivity index (χ1) is 18.8. The van der Waals surface area contributed by atoms with Gasteiger partial charge in [-0.2, -0.15) is 0 Å². The number of carbonyl (C=O) groups is 2. The highest BCUT2D eigenvalue weighted by Gasteiger charge is 2.36. The van der Waals surface area contributed by atoms with E-state index in [9.17, 15) is 27.6 Å². The third-order valence-corrected chi connectivity index (χ3v) is 7.21. The Morgan fingerprint density at radius 2 is 1.72 bits per heavy atom. The number of hydrogen-bond donors (Lipinski definition) is 3. The van der Waals surface area contributed by atoms with Crippen LogP contribution < -0.4 is 21.5 Å². The van der Waals surface area contributed by atoms with Gasteiger partial charge in [0.25, 0.3) is 11.5 Å². The maximum atomic E-state index is 13.6. The molecule has 1 aromatic heterocycles. The van der Waals surface area contributed by atoms with Crippen LogP contribution in [0, 0.1) is 23.4 Å². The summed E-state index contributed by atoms with van der Waals surface area (Å²) in [5.74, 6) is -4.70. The molecule has 1 saturated carbocycles. The fourth-order valence-electron chi connectivity index (χ4n) is 5.21. The summed E-state index contributed by atoms with van der Waals surface area (Å²) in [4.78, 5) is 38.0. The van der Waals surface area contributed by atoms with Gasteiger partial charge in [0.2, 0.25) is 0 Å². The molecule has 3 aromatic rings. The van der Waals surface area contributed by atoms with Crippen LogP contribution in [0.2, 0.25) is 0 Å². The quantitative estimate of drug-likeness (QED) is 0.312. The lowest BCUT2D eigenvalue weighted by Gasteiger charge is -2.29. The summed E-state index contributed by atoms with van der Waals surface area (Å²) in [6.45, 7) is -0.245. The summed E-state index contributed by atoms with van der Waals surface area (Å²) in [7, 11) is 0. The summed E-state index contributed by atoms with van der Waals surface area (Å²) in [6.07, 6.45) is 7.85. The van der Waals surface area contributed by atoms with Gasteiger partial charge in [0, 0.05) is 6.20 Å². The smallest absolute Gasteiger partial charge is 0.315 e. The Labute approximate surface area is 222 Å². The molecule has 0 spiro atoms. The number of carbonyl (C=O) groups excluding carboxylic acids is 2. The van der Waals surface area contributed by atoms with Gasteiger partial charge in [-0.15, -0.1) is 0 Å². The van der Waals surface area contributed by atoms with E-state index in [0.29, 0.717) is 0 Å². The molecule has 1 saturated heterocycles. The molecule has 39 heavy (non-hydrogen) atoms. The Hall–Kier alpha value is -4.34. The molecule has 3 N–H and O–H groups in total. The molecular weight excluding hydrogens is 509 g/mol. The number of halogens is 3. The van der Waals surface area contributed by atoms with Crippen LogP contribution in [0.4, 0.5) is 18.0 Å². The normalized spacial score (nSPS) is 21.2. The van der Waals surface area contributed by atoms with Crippen LogP contribution in [0.3, 0.4) is 0 Å². The summed E-state index contributed by atoms with van der Waals surface area (Å²) in [6, 6.07) is 13.3. The molecule has 7 nitrogen and oxygen atoms in total. The summed E-state index contributed by atoms with van der Waals surface area (Å²) >= 11 is 0. The van der Waals surface area contributed by atoms with E-state index in [1.54, 1.807) is 0 Å². The molecule has 0 radical (unpaired) electrons. The second-order valence-electron chi connectivity index (χ2n) is 9.88. The third kappa shape index (κ3) is 5.89. The van der Waals surface area contributed by atoms with Crippen molar-refractivity contribution in [2.75, 3.05) is 0 Å². The van der Waals surface area contributed by atoms with Crippen molar-refractivity contribution in [1.29, 1.82) is 0 Å². The molecule has 202 valence electrons. The van der Waals surface area contributed by atoms with Crippen molar-refractivity contribution in [3.63, 3.8) is 0 Å². The fraction of sp³-hybridized carbons (Fsp3) is 0.276. The minimum Gasteiger partial charge on any atom is -0.342 e. The van der Waals surface area contributed by atoms with E-state index in [1.165, 1.54) is 18.3 Å². The summed E-state index contributed by atoms with van der Waals surface area (Å²) < 4.78 is 41.8. The van der Waals surface area contributed by atoms with E-state index in [4.69, 9.17) is 0 Å². The average molecular weight is 537 g/mol. The van der Waals surface area contributed by atoms with Gasteiger partial charge in [-0.1, -0.05) is 42.5 Å². The van der Waals surface area contributed by atoms with Crippen LogP contribution >= 0.6 is 0 Å². The number of rotatable bonds is 7. The van der Waals surface area contributed by atoms with Gasteiger partial charge in [-0.3, -0.25) is 9.59 Å². The van der Waals surface area contributed by atoms with Crippen molar-refractivity contribution >= 4 is 11.9 Å². The Kier molecular flexibility index (Phi) is 7.53. The lowest BCUT2D eigenvalue weighted by atomic mass is 9.82. The Balaban J connectivity index is 1.34. The number of nitrogens with zero attached hydrogens (tertiary/aromatic N) is 1. The van der Waals surface area contributed by atoms with Gasteiger partial charge in [-0.25, -0.2) is 18.0 Å². The minimum atomic E-state index is -1.59. The Morgan fingerprint density at radius 3 is 2.46 bits per heavy atom. The van der Waals surface area contributed by atoms with E-state index in [1.807, 2.05) is 42.5 Å². The Morgan fingerprint density at radius 1 is 1.00 bits per heavy atom. The van der Waals surface area contributed by atoms with Crippen molar-refractivity contribution in [2.45, 2.75) is 43.9 Å². The molecule has 2 fully saturated rings. The molecular formula is C29H27F3N4O3. The number of urea groups is 1. The highest BCUT2D eigenvalue weighted by molar-refractivity contribution is 5.94. The zero-order chi connectivity index (χ0) is 27.5. The molecule has 1 aliphatic heterocycles. The van der Waals surface area contributed by atoms with Gasteiger partial charge in [0.15, 0.2) is 17.5 Å². The zero-order valence-electron chi connectivity index (χ0n) is 20.9. The number of allylic oxidation sites excluding steroid dienone is 1. The van der Waals surface area contributed by atoms with Crippen molar-refractivity contribution in [1.82, 2.24) is 20.5 Å². The van der Waals surface area contributed by atoms with Gasteiger partial charge in [-0.05, 0) is 60.6 Å². The van der Waals surface area contributed by atoms with E-state index >= 15 is 0 Å². The van der Waals surface area contributed by atoms with Crippen LogP contribution in [-0.4, -0.2) is 28.6 Å². The number of amides is 3. The first kappa shape index (κ1) is 26.3. The predicted molar refractivity (Wildman–Crippen MR) is 138 cm³/mol. The molecule has 2 heterocycles.